The van der Waals surface area contributed by atoms with Crippen LogP contribution in [0, 0.1) is 0 Å². The minimum absolute atomic E-state index is 0.491. The monoisotopic (exact) mass is 704 g/mol. The van der Waals surface area contributed by atoms with Gasteiger partial charge in [0.05, 0.1) is 0 Å². The molecule has 38 heavy (non-hydrogen) atoms. The molecular formula is C37H52Pb. The van der Waals surface area contributed by atoms with Gasteiger partial charge in [0.1, 0.15) is 0 Å². The molecule has 3 rings (SSSR count). The zero-order valence-electron chi connectivity index (χ0n) is 26.5. The van der Waals surface area contributed by atoms with Crippen LogP contribution in [0.3, 0.4) is 0 Å². The molecule has 0 aliphatic carbocycles. The molecule has 204 valence electrons. The molecule has 0 unspecified atom stereocenters. The van der Waals surface area contributed by atoms with Crippen LogP contribution in [0.5, 0.6) is 0 Å². The number of hydrogen-bond acceptors (Lipinski definition) is 0. The van der Waals surface area contributed by atoms with E-state index in [1.807, 2.05) is 0 Å². The molecular weight excluding hydrogens is 652 g/mol. The Hall–Kier alpha value is -1.42. The van der Waals surface area contributed by atoms with Gasteiger partial charge in [0.15, 0.2) is 0 Å². The van der Waals surface area contributed by atoms with Crippen molar-refractivity contribution in [3.05, 3.63) is 75.8 Å². The van der Waals surface area contributed by atoms with Gasteiger partial charge in [-0.1, -0.05) is 0 Å². The molecule has 0 nitrogen and oxygen atoms in total. The zero-order valence-corrected chi connectivity index (χ0v) is 30.4. The van der Waals surface area contributed by atoms with Gasteiger partial charge in [0, 0.05) is 0 Å². The van der Waals surface area contributed by atoms with Crippen molar-refractivity contribution in [3.8, 4) is 22.3 Å². The molecule has 0 aliphatic rings. The van der Waals surface area contributed by atoms with Gasteiger partial charge in [-0.25, -0.2) is 0 Å². The van der Waals surface area contributed by atoms with Crippen molar-refractivity contribution >= 4 is 27.4 Å². The molecule has 0 saturated carbocycles. The normalized spacial score (nSPS) is 12.3. The summed E-state index contributed by atoms with van der Waals surface area (Å²) in [7, 11) is 0. The second-order valence-electron chi connectivity index (χ2n) is 13.1. The van der Waals surface area contributed by atoms with Gasteiger partial charge in [0.2, 0.25) is 0 Å². The fourth-order valence-electron chi connectivity index (χ4n) is 5.77. The van der Waals surface area contributed by atoms with Gasteiger partial charge in [-0.2, -0.15) is 0 Å². The Morgan fingerprint density at radius 3 is 0.947 bits per heavy atom. The van der Waals surface area contributed by atoms with Gasteiger partial charge in [-0.3, -0.25) is 0 Å². The zero-order chi connectivity index (χ0) is 28.5. The van der Waals surface area contributed by atoms with Crippen LogP contribution < -0.4 is 3.12 Å². The molecule has 0 aromatic heterocycles. The van der Waals surface area contributed by atoms with Crippen LogP contribution in [0.15, 0.2) is 42.5 Å². The SMILES string of the molecule is [CH3][Pb][c]1c(-c2c(C(C)C)cc(C(C)C)cc2C(C)C)cccc1-c1c(C(C)C)cc(C(C)C)cc1C(C)C. The molecule has 3 aromatic rings. The van der Waals surface area contributed by atoms with Gasteiger partial charge in [0.25, 0.3) is 0 Å². The van der Waals surface area contributed by atoms with E-state index in [2.05, 4.69) is 130 Å². The van der Waals surface area contributed by atoms with Crippen molar-refractivity contribution in [3.63, 3.8) is 0 Å². The van der Waals surface area contributed by atoms with Crippen LogP contribution in [-0.2, 0) is 0 Å². The molecule has 0 aliphatic heterocycles. The van der Waals surface area contributed by atoms with E-state index in [1.54, 1.807) is 3.12 Å². The van der Waals surface area contributed by atoms with E-state index in [0.29, 0.717) is 35.5 Å². The van der Waals surface area contributed by atoms with Crippen molar-refractivity contribution < 1.29 is 0 Å². The fraction of sp³-hybridized carbons (Fsp3) is 0.514. The molecule has 0 fully saturated rings. The minimum atomic E-state index is -1.06. The van der Waals surface area contributed by atoms with Crippen LogP contribution in [0.25, 0.3) is 22.3 Å². The Balaban J connectivity index is 2.49. The van der Waals surface area contributed by atoms with Crippen LogP contribution >= 0.6 is 0 Å². The summed E-state index contributed by atoms with van der Waals surface area (Å²) < 4.78 is 4.23. The number of benzene rings is 3. The average molecular weight is 704 g/mol. The van der Waals surface area contributed by atoms with E-state index in [9.17, 15) is 0 Å². The molecule has 0 N–H and O–H groups in total. The van der Waals surface area contributed by atoms with E-state index in [4.69, 9.17) is 0 Å². The Labute approximate surface area is 247 Å². The Morgan fingerprint density at radius 2 is 0.737 bits per heavy atom. The first-order valence-corrected chi connectivity index (χ1v) is 20.8. The van der Waals surface area contributed by atoms with Crippen molar-refractivity contribution in [2.24, 2.45) is 0 Å². The summed E-state index contributed by atoms with van der Waals surface area (Å²) in [5.74, 6) is 3.04. The van der Waals surface area contributed by atoms with Crippen molar-refractivity contribution in [2.75, 3.05) is 0 Å². The first-order chi connectivity index (χ1) is 17.8. The third-order valence-corrected chi connectivity index (χ3v) is 12.2. The first-order valence-electron chi connectivity index (χ1n) is 15.0. The van der Waals surface area contributed by atoms with Gasteiger partial charge in [-0.05, 0) is 0 Å². The van der Waals surface area contributed by atoms with Gasteiger partial charge >= 0.3 is 249 Å². The third-order valence-electron chi connectivity index (χ3n) is 8.12. The maximum absolute atomic E-state index is 2.54. The van der Waals surface area contributed by atoms with Crippen LogP contribution in [0.1, 0.15) is 152 Å². The average Bonchev–Trinajstić information content (AvgIpc) is 2.86. The van der Waals surface area contributed by atoms with Crippen molar-refractivity contribution in [1.82, 2.24) is 0 Å². The molecule has 0 saturated heterocycles. The van der Waals surface area contributed by atoms with Crippen LogP contribution in [0.4, 0.5) is 0 Å². The molecule has 0 heterocycles. The maximum atomic E-state index is 2.54. The topological polar surface area (TPSA) is 0 Å². The summed E-state index contributed by atoms with van der Waals surface area (Å²) in [6.07, 6.45) is 0. The number of hydrogen-bond donors (Lipinski definition) is 0. The molecule has 0 atom stereocenters. The molecule has 0 spiro atoms. The molecule has 0 bridgehead atoms. The molecule has 1 heteroatoms. The van der Waals surface area contributed by atoms with Crippen molar-refractivity contribution in [1.29, 1.82) is 0 Å². The van der Waals surface area contributed by atoms with Crippen LogP contribution in [-0.4, -0.2) is 24.2 Å². The van der Waals surface area contributed by atoms with E-state index in [0.717, 1.165) is 0 Å². The predicted octanol–water partition coefficient (Wildman–Crippen LogP) is 11.1. The standard InChI is InChI=1S/C36H49.CH3.Pb/c1-21(2)29-17-31(23(5)6)35(32(18-29)24(7)8)27-14-13-15-28(16-27)36-33(25(9)10)19-30(22(3)4)20-34(36)26(11)12;;/h13-15,17-26H,1-12H3;1H3;. The predicted molar refractivity (Wildman–Crippen MR) is 173 cm³/mol. The van der Waals surface area contributed by atoms with Crippen LogP contribution in [0.2, 0.25) is 4.48 Å². The fourth-order valence-corrected chi connectivity index (χ4v) is 9.49. The molecule has 2 radical (unpaired) electrons. The number of rotatable bonds is 9. The summed E-state index contributed by atoms with van der Waals surface area (Å²) in [5.41, 5.74) is 15.2. The van der Waals surface area contributed by atoms with E-state index < -0.39 is 24.2 Å². The Kier molecular flexibility index (Phi) is 10.5. The van der Waals surface area contributed by atoms with E-state index >= 15 is 0 Å². The quantitative estimate of drug-likeness (QED) is 0.195. The van der Waals surface area contributed by atoms with Gasteiger partial charge < -0.3 is 0 Å². The summed E-state index contributed by atoms with van der Waals surface area (Å²) >= 11 is -1.06. The summed E-state index contributed by atoms with van der Waals surface area (Å²) in [5, 5.41) is 0. The third kappa shape index (κ3) is 6.32. The first kappa shape index (κ1) is 31.1. The Morgan fingerprint density at radius 1 is 0.447 bits per heavy atom. The molecule has 0 amide bonds. The van der Waals surface area contributed by atoms with Crippen molar-refractivity contribution in [2.45, 2.75) is 123 Å². The summed E-state index contributed by atoms with van der Waals surface area (Å²) in [6, 6.07) is 17.3. The second-order valence-corrected chi connectivity index (χ2v) is 16.9. The summed E-state index contributed by atoms with van der Waals surface area (Å²) in [4.78, 5) is 0. The second kappa shape index (κ2) is 12.8. The molecule has 3 aromatic carbocycles. The Bertz CT molecular complexity index is 1100. The van der Waals surface area contributed by atoms with E-state index in [1.165, 1.54) is 55.6 Å². The van der Waals surface area contributed by atoms with Gasteiger partial charge in [-0.15, -0.1) is 0 Å². The van der Waals surface area contributed by atoms with E-state index in [-0.39, 0.29) is 0 Å². The summed E-state index contributed by atoms with van der Waals surface area (Å²) in [6.45, 7) is 28.4.